The Bertz CT molecular complexity index is 879. The van der Waals surface area contributed by atoms with Crippen LogP contribution in [0.5, 0.6) is 0 Å². The van der Waals surface area contributed by atoms with Crippen molar-refractivity contribution in [3.05, 3.63) is 82.8 Å². The molecule has 3 heteroatoms. The summed E-state index contributed by atoms with van der Waals surface area (Å²) in [7, 11) is 0. The minimum Gasteiger partial charge on any atom is -0.252 e. The van der Waals surface area contributed by atoms with Gasteiger partial charge in [0.05, 0.1) is 5.69 Å². The van der Waals surface area contributed by atoms with Crippen LogP contribution in [0.15, 0.2) is 60.7 Å². The van der Waals surface area contributed by atoms with Crippen LogP contribution in [0.3, 0.4) is 0 Å². The van der Waals surface area contributed by atoms with Crippen molar-refractivity contribution in [2.24, 2.45) is 0 Å². The molecule has 0 N–H and O–H groups in total. The van der Waals surface area contributed by atoms with E-state index in [1.807, 2.05) is 18.2 Å². The van der Waals surface area contributed by atoms with E-state index in [9.17, 15) is 0 Å². The normalized spacial score (nSPS) is 12.8. The molecule has 3 aromatic rings. The molecule has 0 aliphatic carbocycles. The Hall–Kier alpha value is -2.19. The van der Waals surface area contributed by atoms with E-state index in [0.717, 1.165) is 29.1 Å². The fraction of sp³-hybridized carbons (Fsp3) is 0.304. The highest BCUT2D eigenvalue weighted by atomic mass is 35.5. The number of aromatic nitrogens is 2. The van der Waals surface area contributed by atoms with Crippen LogP contribution in [-0.4, -0.2) is 9.97 Å². The molecule has 0 saturated carbocycles. The highest BCUT2D eigenvalue weighted by Crippen LogP contribution is 2.26. The molecule has 26 heavy (non-hydrogen) atoms. The Morgan fingerprint density at radius 3 is 2.23 bits per heavy atom. The van der Waals surface area contributed by atoms with E-state index in [1.165, 1.54) is 5.56 Å². The largest absolute Gasteiger partial charge is 0.252 e. The van der Waals surface area contributed by atoms with E-state index in [4.69, 9.17) is 16.6 Å². The van der Waals surface area contributed by atoms with Crippen LogP contribution in [0.2, 0.25) is 5.15 Å². The topological polar surface area (TPSA) is 25.8 Å². The maximum absolute atomic E-state index is 6.01. The number of pyridine rings is 2. The van der Waals surface area contributed by atoms with E-state index < -0.39 is 0 Å². The van der Waals surface area contributed by atoms with Gasteiger partial charge < -0.3 is 0 Å². The lowest BCUT2D eigenvalue weighted by atomic mass is 9.91. The lowest BCUT2D eigenvalue weighted by Crippen LogP contribution is -2.13. The highest BCUT2D eigenvalue weighted by molar-refractivity contribution is 6.29. The minimum absolute atomic E-state index is 0.0509. The molecule has 3 rings (SSSR count). The van der Waals surface area contributed by atoms with Gasteiger partial charge in [-0.2, -0.15) is 0 Å². The van der Waals surface area contributed by atoms with Crippen molar-refractivity contribution >= 4 is 11.6 Å². The summed E-state index contributed by atoms with van der Waals surface area (Å²) < 4.78 is 0. The summed E-state index contributed by atoms with van der Waals surface area (Å²) in [5.41, 5.74) is 5.65. The Morgan fingerprint density at radius 2 is 1.58 bits per heavy atom. The monoisotopic (exact) mass is 364 g/mol. The average Bonchev–Trinajstić information content (AvgIpc) is 2.62. The van der Waals surface area contributed by atoms with E-state index in [0.29, 0.717) is 11.1 Å². The minimum atomic E-state index is 0.0509. The molecule has 1 atom stereocenters. The molecule has 134 valence electrons. The predicted molar refractivity (Wildman–Crippen MR) is 110 cm³/mol. The molecule has 0 aliphatic heterocycles. The SMILES string of the molecule is CC(Cc1ccc(-c2cccc(C(C)(C)C)n2)cc1)c1cccc(Cl)n1. The van der Waals surface area contributed by atoms with Gasteiger partial charge in [0.2, 0.25) is 0 Å². The Kier molecular flexibility index (Phi) is 5.43. The number of hydrogen-bond donors (Lipinski definition) is 0. The Labute approximate surface area is 161 Å². The summed E-state index contributed by atoms with van der Waals surface area (Å²) in [4.78, 5) is 9.26. The van der Waals surface area contributed by atoms with Crippen LogP contribution in [0.1, 0.15) is 50.6 Å². The van der Waals surface area contributed by atoms with Crippen LogP contribution < -0.4 is 0 Å². The van der Waals surface area contributed by atoms with Crippen molar-refractivity contribution in [1.82, 2.24) is 9.97 Å². The van der Waals surface area contributed by atoms with Gasteiger partial charge in [0, 0.05) is 28.3 Å². The molecule has 0 amide bonds. The molecule has 0 radical (unpaired) electrons. The van der Waals surface area contributed by atoms with Crippen LogP contribution in [-0.2, 0) is 11.8 Å². The first-order chi connectivity index (χ1) is 12.3. The second kappa shape index (κ2) is 7.59. The molecular formula is C23H25ClN2. The van der Waals surface area contributed by atoms with E-state index in [-0.39, 0.29) is 5.41 Å². The van der Waals surface area contributed by atoms with Crippen molar-refractivity contribution in [3.8, 4) is 11.3 Å². The predicted octanol–water partition coefficient (Wildman–Crippen LogP) is 6.44. The van der Waals surface area contributed by atoms with Crippen LogP contribution >= 0.6 is 11.6 Å². The van der Waals surface area contributed by atoms with Gasteiger partial charge in [0.25, 0.3) is 0 Å². The molecule has 2 heterocycles. The van der Waals surface area contributed by atoms with Gasteiger partial charge in [-0.25, -0.2) is 4.98 Å². The fourth-order valence-corrected chi connectivity index (χ4v) is 3.15. The maximum Gasteiger partial charge on any atom is 0.129 e. The second-order valence-electron chi connectivity index (χ2n) is 7.85. The van der Waals surface area contributed by atoms with E-state index in [2.05, 4.69) is 75.1 Å². The first-order valence-corrected chi connectivity index (χ1v) is 9.40. The number of nitrogens with zero attached hydrogens (tertiary/aromatic N) is 2. The third kappa shape index (κ3) is 4.50. The summed E-state index contributed by atoms with van der Waals surface area (Å²) in [6, 6.07) is 20.7. The number of rotatable bonds is 4. The summed E-state index contributed by atoms with van der Waals surface area (Å²) in [5, 5.41) is 0.550. The van der Waals surface area contributed by atoms with E-state index >= 15 is 0 Å². The molecule has 0 bridgehead atoms. The van der Waals surface area contributed by atoms with Crippen molar-refractivity contribution in [3.63, 3.8) is 0 Å². The number of halogens is 1. The molecule has 0 aliphatic rings. The van der Waals surface area contributed by atoms with Gasteiger partial charge in [-0.3, -0.25) is 4.98 Å². The van der Waals surface area contributed by atoms with Crippen LogP contribution in [0, 0.1) is 0 Å². The van der Waals surface area contributed by atoms with Gasteiger partial charge in [0.15, 0.2) is 0 Å². The molecule has 0 spiro atoms. The van der Waals surface area contributed by atoms with Gasteiger partial charge in [-0.1, -0.05) is 75.7 Å². The molecular weight excluding hydrogens is 340 g/mol. The molecule has 0 fully saturated rings. The third-order valence-corrected chi connectivity index (χ3v) is 4.76. The molecule has 2 aromatic heterocycles. The lowest BCUT2D eigenvalue weighted by Gasteiger charge is -2.18. The summed E-state index contributed by atoms with van der Waals surface area (Å²) in [6.07, 6.45) is 0.934. The van der Waals surface area contributed by atoms with Gasteiger partial charge in [-0.05, 0) is 36.2 Å². The molecule has 1 aromatic carbocycles. The zero-order valence-electron chi connectivity index (χ0n) is 15.8. The van der Waals surface area contributed by atoms with Gasteiger partial charge in [0.1, 0.15) is 5.15 Å². The lowest BCUT2D eigenvalue weighted by molar-refractivity contribution is 0.570. The molecule has 0 saturated heterocycles. The van der Waals surface area contributed by atoms with Crippen LogP contribution in [0.4, 0.5) is 0 Å². The Balaban J connectivity index is 1.77. The van der Waals surface area contributed by atoms with Crippen LogP contribution in [0.25, 0.3) is 11.3 Å². The maximum atomic E-state index is 6.01. The van der Waals surface area contributed by atoms with Crippen molar-refractivity contribution in [2.75, 3.05) is 0 Å². The smallest absolute Gasteiger partial charge is 0.129 e. The van der Waals surface area contributed by atoms with Gasteiger partial charge in [-0.15, -0.1) is 0 Å². The first-order valence-electron chi connectivity index (χ1n) is 9.02. The fourth-order valence-electron chi connectivity index (χ4n) is 2.98. The van der Waals surface area contributed by atoms with Gasteiger partial charge >= 0.3 is 0 Å². The van der Waals surface area contributed by atoms with E-state index in [1.54, 1.807) is 0 Å². The Morgan fingerprint density at radius 1 is 0.885 bits per heavy atom. The van der Waals surface area contributed by atoms with Crippen molar-refractivity contribution < 1.29 is 0 Å². The zero-order chi connectivity index (χ0) is 18.7. The average molecular weight is 365 g/mol. The highest BCUT2D eigenvalue weighted by Gasteiger charge is 2.16. The number of hydrogen-bond acceptors (Lipinski definition) is 2. The first kappa shape index (κ1) is 18.6. The third-order valence-electron chi connectivity index (χ3n) is 4.55. The second-order valence-corrected chi connectivity index (χ2v) is 8.23. The molecule has 1 unspecified atom stereocenters. The number of benzene rings is 1. The zero-order valence-corrected chi connectivity index (χ0v) is 16.6. The summed E-state index contributed by atoms with van der Waals surface area (Å²) >= 11 is 6.01. The summed E-state index contributed by atoms with van der Waals surface area (Å²) in [5.74, 6) is 0.321. The van der Waals surface area contributed by atoms with Crippen molar-refractivity contribution in [2.45, 2.75) is 45.4 Å². The molecule has 2 nitrogen and oxygen atoms in total. The standard InChI is InChI=1S/C23H25ClN2/c1-16(19-7-6-10-22(24)26-19)15-17-11-13-18(14-12-17)20-8-5-9-21(25-20)23(2,3)4/h5-14,16H,15H2,1-4H3. The quantitative estimate of drug-likeness (QED) is 0.498. The summed E-state index contributed by atoms with van der Waals surface area (Å²) in [6.45, 7) is 8.75. The van der Waals surface area contributed by atoms with Crippen molar-refractivity contribution in [1.29, 1.82) is 0 Å².